The third kappa shape index (κ3) is 4.28. The van der Waals surface area contributed by atoms with Gasteiger partial charge < -0.3 is 4.74 Å². The van der Waals surface area contributed by atoms with Gasteiger partial charge in [0.05, 0.1) is 0 Å². The number of allylic oxidation sites excluding steroid dienone is 1. The maximum atomic E-state index is 13.8. The maximum Gasteiger partial charge on any atom is 0.165 e. The van der Waals surface area contributed by atoms with Crippen LogP contribution < -0.4 is 4.74 Å². The van der Waals surface area contributed by atoms with Gasteiger partial charge in [0.1, 0.15) is 5.75 Å². The molecule has 0 heterocycles. The maximum absolute atomic E-state index is 13.8. The van der Waals surface area contributed by atoms with E-state index >= 15 is 0 Å². The molecule has 2 rings (SSSR count). The molecule has 0 saturated heterocycles. The van der Waals surface area contributed by atoms with Gasteiger partial charge in [0, 0.05) is 5.92 Å². The predicted octanol–water partition coefficient (Wildman–Crippen LogP) is 4.86. The molecule has 0 aliphatic carbocycles. The molecule has 21 heavy (non-hydrogen) atoms. The van der Waals surface area contributed by atoms with Gasteiger partial charge in [-0.1, -0.05) is 44.2 Å². The van der Waals surface area contributed by atoms with Crippen LogP contribution in [0.1, 0.15) is 19.4 Å². The molecular weight excluding hydrogens is 267 g/mol. The Morgan fingerprint density at radius 2 is 1.86 bits per heavy atom. The van der Waals surface area contributed by atoms with E-state index in [1.807, 2.05) is 32.0 Å². The van der Waals surface area contributed by atoms with Gasteiger partial charge in [-0.3, -0.25) is 4.79 Å². The van der Waals surface area contributed by atoms with Crippen molar-refractivity contribution in [2.75, 3.05) is 0 Å². The van der Waals surface area contributed by atoms with Crippen molar-refractivity contribution in [2.45, 2.75) is 13.8 Å². The van der Waals surface area contributed by atoms with E-state index in [-0.39, 0.29) is 17.5 Å². The summed E-state index contributed by atoms with van der Waals surface area (Å²) in [4.78, 5) is 11.6. The van der Waals surface area contributed by atoms with Gasteiger partial charge in [-0.25, -0.2) is 4.39 Å². The lowest BCUT2D eigenvalue weighted by molar-refractivity contribution is -0.117. The van der Waals surface area contributed by atoms with E-state index in [4.69, 9.17) is 4.74 Å². The number of carbonyl (C=O) groups excluding carboxylic acids is 1. The molecule has 2 aromatic rings. The minimum Gasteiger partial charge on any atom is -0.454 e. The van der Waals surface area contributed by atoms with Crippen molar-refractivity contribution in [3.8, 4) is 11.5 Å². The summed E-state index contributed by atoms with van der Waals surface area (Å²) >= 11 is 0. The number of ketones is 1. The lowest BCUT2D eigenvalue weighted by Gasteiger charge is -2.07. The molecule has 0 unspecified atom stereocenters. The van der Waals surface area contributed by atoms with Crippen molar-refractivity contribution in [2.24, 2.45) is 5.92 Å². The molecule has 0 amide bonds. The number of halogens is 1. The Bertz CT molecular complexity index is 646. The summed E-state index contributed by atoms with van der Waals surface area (Å²) < 4.78 is 19.3. The summed E-state index contributed by atoms with van der Waals surface area (Å²) in [5.74, 6) is 0.244. The van der Waals surface area contributed by atoms with Crippen LogP contribution in [0.4, 0.5) is 4.39 Å². The molecule has 0 spiro atoms. The van der Waals surface area contributed by atoms with Gasteiger partial charge in [0.15, 0.2) is 17.3 Å². The normalized spacial score (nSPS) is 11.0. The van der Waals surface area contributed by atoms with Gasteiger partial charge in [-0.05, 0) is 35.9 Å². The fourth-order valence-corrected chi connectivity index (χ4v) is 1.69. The standard InChI is InChI=1S/C18H17FO2/c1-13(2)17(20)11-9-14-8-10-16(19)18(12-14)21-15-6-4-3-5-7-15/h3-13H,1-2H3/b11-9+. The molecule has 0 saturated carbocycles. The molecule has 0 aromatic heterocycles. The van der Waals surface area contributed by atoms with Crippen LogP contribution >= 0.6 is 0 Å². The van der Waals surface area contributed by atoms with Gasteiger partial charge in [-0.15, -0.1) is 0 Å². The quantitative estimate of drug-likeness (QED) is 0.733. The van der Waals surface area contributed by atoms with Crippen LogP contribution in [0.15, 0.2) is 54.6 Å². The smallest absolute Gasteiger partial charge is 0.165 e. The highest BCUT2D eigenvalue weighted by Crippen LogP contribution is 2.25. The van der Waals surface area contributed by atoms with Crippen LogP contribution in [0, 0.1) is 11.7 Å². The number of rotatable bonds is 5. The van der Waals surface area contributed by atoms with E-state index in [0.29, 0.717) is 5.75 Å². The summed E-state index contributed by atoms with van der Waals surface area (Å²) in [5.41, 5.74) is 0.719. The van der Waals surface area contributed by atoms with Gasteiger partial charge in [0.2, 0.25) is 0 Å². The Morgan fingerprint density at radius 1 is 1.14 bits per heavy atom. The predicted molar refractivity (Wildman–Crippen MR) is 81.8 cm³/mol. The first kappa shape index (κ1) is 15.0. The molecule has 0 N–H and O–H groups in total. The number of para-hydroxylation sites is 1. The first-order valence-electron chi connectivity index (χ1n) is 6.80. The van der Waals surface area contributed by atoms with Crippen LogP contribution in [-0.2, 0) is 4.79 Å². The Kier molecular flexibility index (Phi) is 4.88. The third-order valence-electron chi connectivity index (χ3n) is 2.94. The van der Waals surface area contributed by atoms with E-state index in [0.717, 1.165) is 5.56 Å². The average molecular weight is 284 g/mol. The molecular formula is C18H17FO2. The molecule has 2 aromatic carbocycles. The second kappa shape index (κ2) is 6.84. The fraction of sp³-hybridized carbons (Fsp3) is 0.167. The van der Waals surface area contributed by atoms with E-state index in [9.17, 15) is 9.18 Å². The van der Waals surface area contributed by atoms with Crippen molar-refractivity contribution >= 4 is 11.9 Å². The molecule has 108 valence electrons. The highest BCUT2D eigenvalue weighted by molar-refractivity contribution is 5.94. The SMILES string of the molecule is CC(C)C(=O)/C=C/c1ccc(F)c(Oc2ccccc2)c1. The lowest BCUT2D eigenvalue weighted by Crippen LogP contribution is -2.01. The highest BCUT2D eigenvalue weighted by atomic mass is 19.1. The van der Waals surface area contributed by atoms with E-state index < -0.39 is 5.82 Å². The zero-order chi connectivity index (χ0) is 15.2. The molecule has 2 nitrogen and oxygen atoms in total. The zero-order valence-corrected chi connectivity index (χ0v) is 12.0. The monoisotopic (exact) mass is 284 g/mol. The topological polar surface area (TPSA) is 26.3 Å². The van der Waals surface area contributed by atoms with E-state index in [1.54, 1.807) is 30.3 Å². The summed E-state index contributed by atoms with van der Waals surface area (Å²) in [6.07, 6.45) is 3.17. The van der Waals surface area contributed by atoms with Crippen LogP contribution in [0.5, 0.6) is 11.5 Å². The van der Waals surface area contributed by atoms with Crippen LogP contribution in [0.2, 0.25) is 0 Å². The molecule has 0 radical (unpaired) electrons. The second-order valence-electron chi connectivity index (χ2n) is 5.00. The summed E-state index contributed by atoms with van der Waals surface area (Å²) in [6.45, 7) is 3.67. The van der Waals surface area contributed by atoms with Crippen molar-refractivity contribution in [1.82, 2.24) is 0 Å². The van der Waals surface area contributed by atoms with Gasteiger partial charge >= 0.3 is 0 Å². The summed E-state index contributed by atoms with van der Waals surface area (Å²) in [6, 6.07) is 13.5. The lowest BCUT2D eigenvalue weighted by atomic mass is 10.1. The number of ether oxygens (including phenoxy) is 1. The summed E-state index contributed by atoms with van der Waals surface area (Å²) in [7, 11) is 0. The van der Waals surface area contributed by atoms with Crippen molar-refractivity contribution in [3.63, 3.8) is 0 Å². The number of carbonyl (C=O) groups is 1. The zero-order valence-electron chi connectivity index (χ0n) is 12.0. The molecule has 3 heteroatoms. The number of hydrogen-bond acceptors (Lipinski definition) is 2. The van der Waals surface area contributed by atoms with Crippen molar-refractivity contribution in [3.05, 3.63) is 66.0 Å². The molecule has 0 atom stereocenters. The number of hydrogen-bond donors (Lipinski definition) is 0. The Morgan fingerprint density at radius 3 is 2.52 bits per heavy atom. The first-order valence-corrected chi connectivity index (χ1v) is 6.80. The highest BCUT2D eigenvalue weighted by Gasteiger charge is 2.06. The van der Waals surface area contributed by atoms with Crippen LogP contribution in [0.3, 0.4) is 0 Å². The van der Waals surface area contributed by atoms with Crippen LogP contribution in [0.25, 0.3) is 6.08 Å². The largest absolute Gasteiger partial charge is 0.454 e. The summed E-state index contributed by atoms with van der Waals surface area (Å²) in [5, 5.41) is 0. The van der Waals surface area contributed by atoms with Crippen molar-refractivity contribution in [1.29, 1.82) is 0 Å². The van der Waals surface area contributed by atoms with E-state index in [1.165, 1.54) is 12.1 Å². The van der Waals surface area contributed by atoms with Crippen molar-refractivity contribution < 1.29 is 13.9 Å². The van der Waals surface area contributed by atoms with Gasteiger partial charge in [-0.2, -0.15) is 0 Å². The second-order valence-corrected chi connectivity index (χ2v) is 5.00. The minimum absolute atomic E-state index is 0.0323. The van der Waals surface area contributed by atoms with E-state index in [2.05, 4.69) is 0 Å². The average Bonchev–Trinajstić information content (AvgIpc) is 2.48. The molecule has 0 aliphatic rings. The molecule has 0 aliphatic heterocycles. The fourth-order valence-electron chi connectivity index (χ4n) is 1.69. The molecule has 0 fully saturated rings. The first-order chi connectivity index (χ1) is 10.1. The Hall–Kier alpha value is -2.42. The minimum atomic E-state index is -0.439. The Labute approximate surface area is 123 Å². The third-order valence-corrected chi connectivity index (χ3v) is 2.94. The van der Waals surface area contributed by atoms with Gasteiger partial charge in [0.25, 0.3) is 0 Å². The number of benzene rings is 2. The Balaban J connectivity index is 2.19. The van der Waals surface area contributed by atoms with Crippen LogP contribution in [-0.4, -0.2) is 5.78 Å². The molecule has 0 bridgehead atoms.